The molecule has 1 fully saturated rings. The van der Waals surface area contributed by atoms with Gasteiger partial charge in [0.05, 0.1) is 6.04 Å². The van der Waals surface area contributed by atoms with Crippen molar-refractivity contribution in [1.82, 2.24) is 10.6 Å². The molecule has 1 aromatic rings. The van der Waals surface area contributed by atoms with Crippen LogP contribution in [-0.4, -0.2) is 18.5 Å². The molecule has 2 atom stereocenters. The van der Waals surface area contributed by atoms with Crippen LogP contribution in [0.25, 0.3) is 0 Å². The smallest absolute Gasteiger partial charge is 0.220 e. The van der Waals surface area contributed by atoms with Crippen molar-refractivity contribution in [2.45, 2.75) is 51.1 Å². The fourth-order valence-electron chi connectivity index (χ4n) is 2.72. The molecule has 0 aromatic heterocycles. The van der Waals surface area contributed by atoms with E-state index in [0.29, 0.717) is 17.5 Å². The summed E-state index contributed by atoms with van der Waals surface area (Å²) >= 11 is 6.01. The SMILES string of the molecule is CCC(NC(=O)CCC1CCCN1)c1cccc(Cl)c1.Cl. The Balaban J connectivity index is 0.00000220. The topological polar surface area (TPSA) is 41.1 Å². The number of carbonyl (C=O) groups is 1. The lowest BCUT2D eigenvalue weighted by Crippen LogP contribution is -2.30. The molecule has 1 aliphatic rings. The standard InChI is InChI=1S/C16H23ClN2O.ClH/c1-2-15(12-5-3-6-13(17)11-12)19-16(20)9-8-14-7-4-10-18-14;/h3,5-6,11,14-15,18H,2,4,7-10H2,1H3,(H,19,20);1H. The van der Waals surface area contributed by atoms with Crippen LogP contribution in [0.15, 0.2) is 24.3 Å². The molecule has 0 aliphatic carbocycles. The molecule has 1 amide bonds. The number of halogens is 2. The van der Waals surface area contributed by atoms with Crippen molar-refractivity contribution < 1.29 is 4.79 Å². The minimum atomic E-state index is 0. The van der Waals surface area contributed by atoms with Gasteiger partial charge in [0.15, 0.2) is 0 Å². The second-order valence-electron chi connectivity index (χ2n) is 5.42. The van der Waals surface area contributed by atoms with Gasteiger partial charge >= 0.3 is 0 Å². The maximum atomic E-state index is 12.1. The zero-order valence-corrected chi connectivity index (χ0v) is 14.0. The molecule has 0 radical (unpaired) electrons. The summed E-state index contributed by atoms with van der Waals surface area (Å²) in [5.41, 5.74) is 1.08. The summed E-state index contributed by atoms with van der Waals surface area (Å²) in [6.07, 6.45) is 4.81. The lowest BCUT2D eigenvalue weighted by molar-refractivity contribution is -0.122. The summed E-state index contributed by atoms with van der Waals surface area (Å²) in [6.45, 7) is 3.16. The molecular formula is C16H24Cl2N2O. The molecule has 2 N–H and O–H groups in total. The third-order valence-corrected chi connectivity index (χ3v) is 4.11. The summed E-state index contributed by atoms with van der Waals surface area (Å²) in [4.78, 5) is 12.1. The quantitative estimate of drug-likeness (QED) is 0.831. The number of benzene rings is 1. The predicted octanol–water partition coefficient (Wildman–Crippen LogP) is 3.86. The Kier molecular flexibility index (Phi) is 8.09. The Labute approximate surface area is 138 Å². The zero-order valence-electron chi connectivity index (χ0n) is 12.4. The molecular weight excluding hydrogens is 307 g/mol. The van der Waals surface area contributed by atoms with Crippen LogP contribution in [0.1, 0.15) is 50.6 Å². The Morgan fingerprint density at radius 2 is 2.33 bits per heavy atom. The van der Waals surface area contributed by atoms with Crippen LogP contribution in [0, 0.1) is 0 Å². The van der Waals surface area contributed by atoms with Gasteiger partial charge in [-0.1, -0.05) is 30.7 Å². The van der Waals surface area contributed by atoms with Gasteiger partial charge in [0.2, 0.25) is 5.91 Å². The van der Waals surface area contributed by atoms with Gasteiger partial charge < -0.3 is 10.6 Å². The molecule has 1 aliphatic heterocycles. The van der Waals surface area contributed by atoms with Crippen LogP contribution in [-0.2, 0) is 4.79 Å². The van der Waals surface area contributed by atoms with Gasteiger partial charge in [0, 0.05) is 17.5 Å². The highest BCUT2D eigenvalue weighted by Gasteiger charge is 2.17. The van der Waals surface area contributed by atoms with Gasteiger partial charge in [0.25, 0.3) is 0 Å². The average Bonchev–Trinajstić information content (AvgIpc) is 2.96. The third-order valence-electron chi connectivity index (χ3n) is 3.88. The van der Waals surface area contributed by atoms with Gasteiger partial charge in [-0.25, -0.2) is 0 Å². The molecule has 118 valence electrons. The molecule has 2 rings (SSSR count). The van der Waals surface area contributed by atoms with Crippen LogP contribution in [0.5, 0.6) is 0 Å². The highest BCUT2D eigenvalue weighted by atomic mass is 35.5. The van der Waals surface area contributed by atoms with Gasteiger partial charge in [-0.3, -0.25) is 4.79 Å². The fourth-order valence-corrected chi connectivity index (χ4v) is 2.92. The van der Waals surface area contributed by atoms with Crippen LogP contribution >= 0.6 is 24.0 Å². The van der Waals surface area contributed by atoms with E-state index in [9.17, 15) is 4.79 Å². The van der Waals surface area contributed by atoms with E-state index in [4.69, 9.17) is 11.6 Å². The number of carbonyl (C=O) groups excluding carboxylic acids is 1. The molecule has 0 bridgehead atoms. The van der Waals surface area contributed by atoms with E-state index in [1.165, 1.54) is 12.8 Å². The first-order chi connectivity index (χ1) is 9.69. The minimum absolute atomic E-state index is 0. The van der Waals surface area contributed by atoms with E-state index in [1.807, 2.05) is 24.3 Å². The van der Waals surface area contributed by atoms with Crippen molar-refractivity contribution in [2.24, 2.45) is 0 Å². The minimum Gasteiger partial charge on any atom is -0.349 e. The largest absolute Gasteiger partial charge is 0.349 e. The third kappa shape index (κ3) is 5.85. The van der Waals surface area contributed by atoms with Crippen LogP contribution in [0.3, 0.4) is 0 Å². The highest BCUT2D eigenvalue weighted by Crippen LogP contribution is 2.20. The molecule has 2 unspecified atom stereocenters. The van der Waals surface area contributed by atoms with Crippen molar-refractivity contribution in [3.63, 3.8) is 0 Å². The van der Waals surface area contributed by atoms with E-state index >= 15 is 0 Å². The Morgan fingerprint density at radius 3 is 2.95 bits per heavy atom. The Hall–Kier alpha value is -0.770. The van der Waals surface area contributed by atoms with Crippen molar-refractivity contribution in [2.75, 3.05) is 6.54 Å². The van der Waals surface area contributed by atoms with E-state index in [0.717, 1.165) is 24.9 Å². The first kappa shape index (κ1) is 18.3. The highest BCUT2D eigenvalue weighted by molar-refractivity contribution is 6.30. The van der Waals surface area contributed by atoms with Gasteiger partial charge in [0.1, 0.15) is 0 Å². The van der Waals surface area contributed by atoms with Crippen molar-refractivity contribution in [3.05, 3.63) is 34.9 Å². The molecule has 0 spiro atoms. The number of amides is 1. The number of hydrogen-bond donors (Lipinski definition) is 2. The Bertz CT molecular complexity index is 448. The van der Waals surface area contributed by atoms with Crippen LogP contribution < -0.4 is 10.6 Å². The van der Waals surface area contributed by atoms with Crippen molar-refractivity contribution in [1.29, 1.82) is 0 Å². The van der Waals surface area contributed by atoms with Crippen molar-refractivity contribution in [3.8, 4) is 0 Å². The lowest BCUT2D eigenvalue weighted by Gasteiger charge is -2.18. The summed E-state index contributed by atoms with van der Waals surface area (Å²) in [7, 11) is 0. The summed E-state index contributed by atoms with van der Waals surface area (Å²) in [5.74, 6) is 0.130. The molecule has 5 heteroatoms. The fraction of sp³-hybridized carbons (Fsp3) is 0.562. The van der Waals surface area contributed by atoms with E-state index in [-0.39, 0.29) is 24.4 Å². The first-order valence-corrected chi connectivity index (χ1v) is 7.85. The second kappa shape index (κ2) is 9.29. The molecule has 1 heterocycles. The maximum Gasteiger partial charge on any atom is 0.220 e. The lowest BCUT2D eigenvalue weighted by atomic mass is 10.0. The number of rotatable bonds is 6. The summed E-state index contributed by atoms with van der Waals surface area (Å²) < 4.78 is 0. The summed E-state index contributed by atoms with van der Waals surface area (Å²) in [5, 5.41) is 7.24. The second-order valence-corrected chi connectivity index (χ2v) is 5.85. The first-order valence-electron chi connectivity index (χ1n) is 7.47. The monoisotopic (exact) mass is 330 g/mol. The van der Waals surface area contributed by atoms with E-state index in [1.54, 1.807) is 0 Å². The van der Waals surface area contributed by atoms with E-state index in [2.05, 4.69) is 17.6 Å². The van der Waals surface area contributed by atoms with Gasteiger partial charge in [-0.15, -0.1) is 12.4 Å². The number of nitrogens with one attached hydrogen (secondary N) is 2. The van der Waals surface area contributed by atoms with Gasteiger partial charge in [-0.2, -0.15) is 0 Å². The van der Waals surface area contributed by atoms with Gasteiger partial charge in [-0.05, 0) is 49.9 Å². The normalized spacial score (nSPS) is 18.9. The molecule has 1 aromatic carbocycles. The Morgan fingerprint density at radius 1 is 1.52 bits per heavy atom. The van der Waals surface area contributed by atoms with E-state index < -0.39 is 0 Å². The number of hydrogen-bond acceptors (Lipinski definition) is 2. The zero-order chi connectivity index (χ0) is 14.4. The van der Waals surface area contributed by atoms with Crippen LogP contribution in [0.2, 0.25) is 5.02 Å². The predicted molar refractivity (Wildman–Crippen MR) is 90.1 cm³/mol. The average molecular weight is 331 g/mol. The molecule has 0 saturated carbocycles. The summed E-state index contributed by atoms with van der Waals surface area (Å²) in [6, 6.07) is 8.29. The molecule has 21 heavy (non-hydrogen) atoms. The van der Waals surface area contributed by atoms with Crippen LogP contribution in [0.4, 0.5) is 0 Å². The molecule has 3 nitrogen and oxygen atoms in total. The maximum absolute atomic E-state index is 12.1. The molecule has 1 saturated heterocycles. The van der Waals surface area contributed by atoms with Crippen molar-refractivity contribution >= 4 is 29.9 Å².